The summed E-state index contributed by atoms with van der Waals surface area (Å²) in [6.45, 7) is -0.260. The predicted molar refractivity (Wildman–Crippen MR) is 98.2 cm³/mol. The number of rotatable bonds is 5. The van der Waals surface area contributed by atoms with Crippen LogP contribution in [0.2, 0.25) is 5.02 Å². The molecule has 5 rings (SSSR count). The van der Waals surface area contributed by atoms with Gasteiger partial charge in [-0.2, -0.15) is 0 Å². The van der Waals surface area contributed by atoms with Crippen molar-refractivity contribution in [2.45, 2.75) is 38.5 Å². The fourth-order valence-corrected chi connectivity index (χ4v) is 5.84. The normalized spacial score (nSPS) is 31.5. The van der Waals surface area contributed by atoms with Crippen LogP contribution in [-0.2, 0) is 14.3 Å². The molecule has 0 spiro atoms. The molecule has 0 saturated heterocycles. The lowest BCUT2D eigenvalue weighted by atomic mass is 9.49. The molecule has 1 aromatic rings. The van der Waals surface area contributed by atoms with E-state index in [4.69, 9.17) is 21.1 Å². The maximum Gasteiger partial charge on any atom is 0.312 e. The number of benzene rings is 1. The maximum absolute atomic E-state index is 12.8. The summed E-state index contributed by atoms with van der Waals surface area (Å²) in [6.07, 6.45) is 6.62. The molecule has 26 heavy (non-hydrogen) atoms. The number of nitrogens with one attached hydrogen (secondary N) is 1. The Morgan fingerprint density at radius 3 is 2.31 bits per heavy atom. The van der Waals surface area contributed by atoms with Crippen molar-refractivity contribution >= 4 is 29.2 Å². The second kappa shape index (κ2) is 6.76. The Hall–Kier alpha value is -1.75. The van der Waals surface area contributed by atoms with Crippen molar-refractivity contribution in [2.24, 2.45) is 23.2 Å². The lowest BCUT2D eigenvalue weighted by Crippen LogP contribution is -2.50. The highest BCUT2D eigenvalue weighted by molar-refractivity contribution is 6.32. The molecule has 0 atom stereocenters. The number of anilines is 1. The Kier molecular flexibility index (Phi) is 4.59. The van der Waals surface area contributed by atoms with Crippen molar-refractivity contribution in [1.29, 1.82) is 0 Å². The van der Waals surface area contributed by atoms with E-state index >= 15 is 0 Å². The largest absolute Gasteiger partial charge is 0.495 e. The molecule has 1 amide bonds. The highest BCUT2D eigenvalue weighted by Crippen LogP contribution is 2.60. The summed E-state index contributed by atoms with van der Waals surface area (Å²) in [5.74, 6) is 2.01. The van der Waals surface area contributed by atoms with E-state index in [0.29, 0.717) is 34.2 Å². The highest BCUT2D eigenvalue weighted by atomic mass is 35.5. The van der Waals surface area contributed by atoms with Crippen LogP contribution in [0.1, 0.15) is 38.5 Å². The van der Waals surface area contributed by atoms with Gasteiger partial charge >= 0.3 is 5.97 Å². The molecule has 4 aliphatic rings. The standard InChI is InChI=1S/C20H24ClNO4/c1-25-17-3-2-15(7-16(17)21)22-18(23)11-26-19(24)20-8-12-4-13(9-20)6-14(5-12)10-20/h2-3,7,12-14H,4-6,8-11H2,1H3,(H,22,23). The molecule has 0 unspecified atom stereocenters. The maximum atomic E-state index is 12.8. The molecule has 5 nitrogen and oxygen atoms in total. The summed E-state index contributed by atoms with van der Waals surface area (Å²) >= 11 is 6.06. The van der Waals surface area contributed by atoms with E-state index in [0.717, 1.165) is 19.3 Å². The third-order valence-electron chi connectivity index (χ3n) is 6.24. The summed E-state index contributed by atoms with van der Waals surface area (Å²) in [5.41, 5.74) is 0.213. The first-order chi connectivity index (χ1) is 12.5. The Bertz CT molecular complexity index is 697. The first-order valence-electron chi connectivity index (χ1n) is 9.28. The SMILES string of the molecule is COc1ccc(NC(=O)COC(=O)C23CC4CC(CC(C4)C2)C3)cc1Cl. The molecule has 4 saturated carbocycles. The first-order valence-corrected chi connectivity index (χ1v) is 9.66. The van der Waals surface area contributed by atoms with Crippen molar-refractivity contribution in [1.82, 2.24) is 0 Å². The van der Waals surface area contributed by atoms with Crippen LogP contribution in [0, 0.1) is 23.2 Å². The molecule has 0 radical (unpaired) electrons. The van der Waals surface area contributed by atoms with Gasteiger partial charge in [-0.3, -0.25) is 9.59 Å². The Morgan fingerprint density at radius 2 is 1.77 bits per heavy atom. The third-order valence-corrected chi connectivity index (χ3v) is 6.54. The van der Waals surface area contributed by atoms with Crippen LogP contribution in [0.5, 0.6) is 5.75 Å². The number of carbonyl (C=O) groups is 2. The second-order valence-electron chi connectivity index (χ2n) is 8.17. The van der Waals surface area contributed by atoms with Gasteiger partial charge in [-0.15, -0.1) is 0 Å². The smallest absolute Gasteiger partial charge is 0.312 e. The van der Waals surface area contributed by atoms with Gasteiger partial charge in [-0.25, -0.2) is 0 Å². The number of hydrogen-bond donors (Lipinski definition) is 1. The van der Waals surface area contributed by atoms with E-state index < -0.39 is 0 Å². The van der Waals surface area contributed by atoms with E-state index in [1.807, 2.05) is 0 Å². The number of methoxy groups -OCH3 is 1. The van der Waals surface area contributed by atoms with Gasteiger partial charge in [0.1, 0.15) is 5.75 Å². The summed E-state index contributed by atoms with van der Waals surface area (Å²) in [4.78, 5) is 24.9. The molecule has 0 aromatic heterocycles. The minimum absolute atomic E-state index is 0.181. The van der Waals surface area contributed by atoms with Gasteiger partial charge in [0.05, 0.1) is 17.5 Å². The minimum Gasteiger partial charge on any atom is -0.495 e. The Morgan fingerprint density at radius 1 is 1.15 bits per heavy atom. The van der Waals surface area contributed by atoms with E-state index in [2.05, 4.69) is 5.32 Å². The quantitative estimate of drug-likeness (QED) is 0.786. The van der Waals surface area contributed by atoms with Crippen LogP contribution in [0.4, 0.5) is 5.69 Å². The second-order valence-corrected chi connectivity index (χ2v) is 8.58. The van der Waals surface area contributed by atoms with Crippen LogP contribution >= 0.6 is 11.6 Å². The molecular formula is C20H24ClNO4. The lowest BCUT2D eigenvalue weighted by molar-refractivity contribution is -0.172. The molecule has 1 N–H and O–H groups in total. The van der Waals surface area contributed by atoms with Gasteiger partial charge in [0.15, 0.2) is 6.61 Å². The molecule has 140 valence electrons. The highest BCUT2D eigenvalue weighted by Gasteiger charge is 2.55. The molecule has 4 fully saturated rings. The number of amides is 1. The van der Waals surface area contributed by atoms with Crippen molar-refractivity contribution < 1.29 is 19.1 Å². The monoisotopic (exact) mass is 377 g/mol. The molecule has 0 heterocycles. The van der Waals surface area contributed by atoms with Crippen LogP contribution in [0.3, 0.4) is 0 Å². The van der Waals surface area contributed by atoms with Crippen molar-refractivity contribution in [2.75, 3.05) is 19.0 Å². The van der Waals surface area contributed by atoms with E-state index in [-0.39, 0.29) is 23.9 Å². The predicted octanol–water partition coefficient (Wildman–Crippen LogP) is 4.05. The summed E-state index contributed by atoms with van der Waals surface area (Å²) in [5, 5.41) is 3.12. The lowest BCUT2D eigenvalue weighted by Gasteiger charge is -2.55. The molecule has 4 aliphatic carbocycles. The number of carbonyl (C=O) groups excluding carboxylic acids is 2. The van der Waals surface area contributed by atoms with Crippen molar-refractivity contribution in [3.8, 4) is 5.75 Å². The average Bonchev–Trinajstić information content (AvgIpc) is 2.58. The Labute approximate surface area is 158 Å². The minimum atomic E-state index is -0.357. The fraction of sp³-hybridized carbons (Fsp3) is 0.600. The van der Waals surface area contributed by atoms with Crippen LogP contribution in [0.15, 0.2) is 18.2 Å². The number of esters is 1. The van der Waals surface area contributed by atoms with Gasteiger partial charge in [0, 0.05) is 5.69 Å². The van der Waals surface area contributed by atoms with Crippen molar-refractivity contribution in [3.05, 3.63) is 23.2 Å². The number of halogens is 1. The van der Waals surface area contributed by atoms with E-state index in [9.17, 15) is 9.59 Å². The van der Waals surface area contributed by atoms with E-state index in [1.54, 1.807) is 18.2 Å². The Balaban J connectivity index is 1.33. The van der Waals surface area contributed by atoms with Gasteiger partial charge in [0.25, 0.3) is 5.91 Å². The molecule has 1 aromatic carbocycles. The molecule has 6 heteroatoms. The molecular weight excluding hydrogens is 354 g/mol. The van der Waals surface area contributed by atoms with Crippen LogP contribution in [0.25, 0.3) is 0 Å². The zero-order valence-electron chi connectivity index (χ0n) is 14.9. The topological polar surface area (TPSA) is 64.6 Å². The zero-order chi connectivity index (χ0) is 18.3. The first kappa shape index (κ1) is 17.7. The van der Waals surface area contributed by atoms with Gasteiger partial charge in [-0.05, 0) is 74.5 Å². The van der Waals surface area contributed by atoms with Crippen LogP contribution < -0.4 is 10.1 Å². The van der Waals surface area contributed by atoms with Gasteiger partial charge in [-0.1, -0.05) is 11.6 Å². The summed E-state index contributed by atoms with van der Waals surface area (Å²) in [7, 11) is 1.53. The van der Waals surface area contributed by atoms with Crippen molar-refractivity contribution in [3.63, 3.8) is 0 Å². The average molecular weight is 378 g/mol. The van der Waals surface area contributed by atoms with Gasteiger partial charge in [0.2, 0.25) is 0 Å². The molecule has 0 aliphatic heterocycles. The third kappa shape index (κ3) is 3.29. The summed E-state index contributed by atoms with van der Waals surface area (Å²) in [6, 6.07) is 4.99. The zero-order valence-corrected chi connectivity index (χ0v) is 15.7. The van der Waals surface area contributed by atoms with Gasteiger partial charge < -0.3 is 14.8 Å². The fourth-order valence-electron chi connectivity index (χ4n) is 5.59. The summed E-state index contributed by atoms with van der Waals surface area (Å²) < 4.78 is 10.5. The number of hydrogen-bond acceptors (Lipinski definition) is 4. The molecule has 4 bridgehead atoms. The van der Waals surface area contributed by atoms with E-state index in [1.165, 1.54) is 26.4 Å². The van der Waals surface area contributed by atoms with Crippen LogP contribution in [-0.4, -0.2) is 25.6 Å². The number of ether oxygens (including phenoxy) is 2.